The van der Waals surface area contributed by atoms with Crippen molar-refractivity contribution in [2.24, 2.45) is 5.92 Å². The van der Waals surface area contributed by atoms with Crippen LogP contribution in [0.25, 0.3) is 0 Å². The summed E-state index contributed by atoms with van der Waals surface area (Å²) in [5, 5.41) is 5.09. The molecule has 1 aromatic carbocycles. The van der Waals surface area contributed by atoms with Crippen LogP contribution in [-0.4, -0.2) is 18.1 Å². The molecule has 2 aromatic rings. The molecule has 26 heavy (non-hydrogen) atoms. The summed E-state index contributed by atoms with van der Waals surface area (Å²) in [4.78, 5) is 6.90. The van der Waals surface area contributed by atoms with Crippen molar-refractivity contribution in [3.8, 4) is 0 Å². The van der Waals surface area contributed by atoms with Crippen molar-refractivity contribution < 1.29 is 0 Å². The van der Waals surface area contributed by atoms with Crippen LogP contribution in [0.5, 0.6) is 0 Å². The van der Waals surface area contributed by atoms with E-state index in [2.05, 4.69) is 22.1 Å². The average Bonchev–Trinajstić information content (AvgIpc) is 3.37. The van der Waals surface area contributed by atoms with Crippen LogP contribution >= 0.6 is 46.4 Å². The van der Waals surface area contributed by atoms with Crippen molar-refractivity contribution in [2.45, 2.75) is 33.1 Å². The van der Waals surface area contributed by atoms with Gasteiger partial charge in [0.2, 0.25) is 0 Å². The molecule has 1 aliphatic rings. The van der Waals surface area contributed by atoms with Crippen LogP contribution < -0.4 is 10.2 Å². The van der Waals surface area contributed by atoms with Crippen LogP contribution in [0.15, 0.2) is 18.2 Å². The van der Waals surface area contributed by atoms with Gasteiger partial charge in [0.15, 0.2) is 5.82 Å². The lowest BCUT2D eigenvalue weighted by molar-refractivity contribution is 0.707. The Kier molecular flexibility index (Phi) is 6.45. The maximum Gasteiger partial charge on any atom is 0.151 e. The molecule has 0 aliphatic heterocycles. The third-order valence-electron chi connectivity index (χ3n) is 4.33. The van der Waals surface area contributed by atoms with E-state index in [1.807, 2.05) is 13.0 Å². The Morgan fingerprint density at radius 2 is 1.77 bits per heavy atom. The van der Waals surface area contributed by atoms with Crippen LogP contribution in [0.2, 0.25) is 20.1 Å². The van der Waals surface area contributed by atoms with Crippen LogP contribution in [-0.2, 0) is 0 Å². The van der Waals surface area contributed by atoms with Gasteiger partial charge in [-0.3, -0.25) is 0 Å². The van der Waals surface area contributed by atoms with Gasteiger partial charge in [0.1, 0.15) is 5.02 Å². The monoisotopic (exact) mass is 431 g/mol. The average molecular weight is 433 g/mol. The summed E-state index contributed by atoms with van der Waals surface area (Å²) >= 11 is 25.3. The van der Waals surface area contributed by atoms with E-state index in [1.165, 1.54) is 12.8 Å². The molecule has 0 radical (unpaired) electrons. The van der Waals surface area contributed by atoms with E-state index in [1.54, 1.807) is 12.1 Å². The topological polar surface area (TPSA) is 28.2 Å². The number of nitrogens with zero attached hydrogens (tertiary/aromatic N) is 2. The Hall–Kier alpha value is -0.870. The number of hydrogen-bond acceptors (Lipinski definition) is 3. The maximum atomic E-state index is 6.72. The van der Waals surface area contributed by atoms with Crippen LogP contribution in [0.4, 0.5) is 17.2 Å². The number of nitrogens with one attached hydrogen (secondary N) is 1. The smallest absolute Gasteiger partial charge is 0.151 e. The molecule has 1 saturated carbocycles. The second-order valence-corrected chi connectivity index (χ2v) is 8.33. The van der Waals surface area contributed by atoms with E-state index in [9.17, 15) is 0 Å². The van der Waals surface area contributed by atoms with Crippen molar-refractivity contribution in [2.75, 3.05) is 23.3 Å². The SMILES string of the molecule is CCCN(CC1CC1)c1cc(C)nc(Nc2c(Cl)cc(Cl)cc2Cl)c1Cl. The molecule has 3 nitrogen and oxygen atoms in total. The Bertz CT molecular complexity index is 783. The van der Waals surface area contributed by atoms with Crippen LogP contribution in [0.3, 0.4) is 0 Å². The first-order valence-corrected chi connectivity index (χ1v) is 10.2. The van der Waals surface area contributed by atoms with E-state index >= 15 is 0 Å². The van der Waals surface area contributed by atoms with Gasteiger partial charge in [-0.1, -0.05) is 53.3 Å². The van der Waals surface area contributed by atoms with Gasteiger partial charge in [-0.2, -0.15) is 0 Å². The van der Waals surface area contributed by atoms with Crippen molar-refractivity contribution in [3.63, 3.8) is 0 Å². The van der Waals surface area contributed by atoms with Crippen molar-refractivity contribution in [1.29, 1.82) is 0 Å². The maximum absolute atomic E-state index is 6.72. The van der Waals surface area contributed by atoms with Crippen LogP contribution in [0.1, 0.15) is 31.9 Å². The molecule has 1 heterocycles. The highest BCUT2D eigenvalue weighted by atomic mass is 35.5. The molecule has 1 fully saturated rings. The summed E-state index contributed by atoms with van der Waals surface area (Å²) in [5.74, 6) is 1.31. The van der Waals surface area contributed by atoms with Gasteiger partial charge in [0.05, 0.1) is 21.4 Å². The van der Waals surface area contributed by atoms with Gasteiger partial charge in [0, 0.05) is 23.8 Å². The third kappa shape index (κ3) is 4.69. The number of halogens is 4. The van der Waals surface area contributed by atoms with Crippen molar-refractivity contribution in [1.82, 2.24) is 4.98 Å². The number of aryl methyl sites for hydroxylation is 1. The number of rotatable bonds is 7. The molecule has 0 spiro atoms. The fourth-order valence-corrected chi connectivity index (χ4v) is 4.10. The summed E-state index contributed by atoms with van der Waals surface area (Å²) in [6.45, 7) is 6.12. The third-order valence-corrected chi connectivity index (χ3v) is 5.51. The zero-order valence-corrected chi connectivity index (χ0v) is 17.8. The minimum absolute atomic E-state index is 0.423. The van der Waals surface area contributed by atoms with E-state index in [-0.39, 0.29) is 0 Å². The van der Waals surface area contributed by atoms with E-state index in [4.69, 9.17) is 46.4 Å². The van der Waals surface area contributed by atoms with Crippen molar-refractivity contribution in [3.05, 3.63) is 44.0 Å². The Morgan fingerprint density at radius 3 is 2.35 bits per heavy atom. The Balaban J connectivity index is 1.96. The second kappa shape index (κ2) is 8.43. The van der Waals surface area contributed by atoms with Crippen LogP contribution in [0, 0.1) is 12.8 Å². The zero-order valence-electron chi connectivity index (χ0n) is 14.8. The summed E-state index contributed by atoms with van der Waals surface area (Å²) in [7, 11) is 0. The standard InChI is InChI=1S/C19H21Cl4N3/c1-3-6-26(10-12-4-5-12)16-7-11(2)24-19(17(16)23)25-18-14(21)8-13(20)9-15(18)22/h7-9,12H,3-6,10H2,1-2H3,(H,24,25). The van der Waals surface area contributed by atoms with E-state index in [0.717, 1.165) is 36.8 Å². The first-order valence-electron chi connectivity index (χ1n) is 8.72. The highest BCUT2D eigenvalue weighted by Crippen LogP contribution is 2.40. The molecule has 7 heteroatoms. The molecule has 1 aromatic heterocycles. The minimum Gasteiger partial charge on any atom is -0.370 e. The second-order valence-electron chi connectivity index (χ2n) is 6.70. The number of aromatic nitrogens is 1. The summed E-state index contributed by atoms with van der Waals surface area (Å²) in [6.07, 6.45) is 3.65. The predicted octanol–water partition coefficient (Wildman–Crippen LogP) is 7.37. The molecule has 0 saturated heterocycles. The quantitative estimate of drug-likeness (QED) is 0.494. The molecule has 0 atom stereocenters. The highest BCUT2D eigenvalue weighted by molar-refractivity contribution is 6.42. The molecular formula is C19H21Cl4N3. The molecule has 3 rings (SSSR count). The first kappa shape index (κ1) is 19.9. The molecule has 1 aliphatic carbocycles. The van der Waals surface area contributed by atoms with Gasteiger partial charge < -0.3 is 10.2 Å². The van der Waals surface area contributed by atoms with Gasteiger partial charge >= 0.3 is 0 Å². The molecule has 140 valence electrons. The zero-order chi connectivity index (χ0) is 18.8. The largest absolute Gasteiger partial charge is 0.370 e. The van der Waals surface area contributed by atoms with Gasteiger partial charge in [-0.15, -0.1) is 0 Å². The first-order chi connectivity index (χ1) is 12.4. The summed E-state index contributed by atoms with van der Waals surface area (Å²) in [5.41, 5.74) is 2.43. The molecule has 0 unspecified atom stereocenters. The lowest BCUT2D eigenvalue weighted by Crippen LogP contribution is -2.27. The molecule has 1 N–H and O–H groups in total. The normalized spacial score (nSPS) is 13.8. The Morgan fingerprint density at radius 1 is 1.12 bits per heavy atom. The van der Waals surface area contributed by atoms with Crippen molar-refractivity contribution >= 4 is 63.6 Å². The highest BCUT2D eigenvalue weighted by Gasteiger charge is 2.26. The number of hydrogen-bond donors (Lipinski definition) is 1. The summed E-state index contributed by atoms with van der Waals surface area (Å²) in [6, 6.07) is 5.31. The fourth-order valence-electron chi connectivity index (χ4n) is 2.93. The fraction of sp³-hybridized carbons (Fsp3) is 0.421. The van der Waals surface area contributed by atoms with Gasteiger partial charge in [-0.05, 0) is 50.3 Å². The predicted molar refractivity (Wildman–Crippen MR) is 114 cm³/mol. The molecule has 0 bridgehead atoms. The lowest BCUT2D eigenvalue weighted by Gasteiger charge is -2.27. The number of anilines is 3. The lowest BCUT2D eigenvalue weighted by atomic mass is 10.2. The van der Waals surface area contributed by atoms with Gasteiger partial charge in [0.25, 0.3) is 0 Å². The summed E-state index contributed by atoms with van der Waals surface area (Å²) < 4.78 is 0. The molecule has 0 amide bonds. The minimum atomic E-state index is 0.423. The number of pyridine rings is 1. The van der Waals surface area contributed by atoms with Gasteiger partial charge in [-0.25, -0.2) is 4.98 Å². The number of benzene rings is 1. The van der Waals surface area contributed by atoms with E-state index in [0.29, 0.717) is 31.6 Å². The Labute approximate surface area is 174 Å². The molecular weight excluding hydrogens is 412 g/mol. The van der Waals surface area contributed by atoms with E-state index < -0.39 is 0 Å².